The van der Waals surface area contributed by atoms with Crippen molar-refractivity contribution in [1.29, 1.82) is 5.26 Å². The number of hydrogen-bond donors (Lipinski definition) is 1. The summed E-state index contributed by atoms with van der Waals surface area (Å²) in [5.41, 5.74) is 4.43. The average molecular weight is 237 g/mol. The van der Waals surface area contributed by atoms with Crippen LogP contribution in [0.25, 0.3) is 22.4 Å². The highest BCUT2D eigenvalue weighted by Crippen LogP contribution is 2.25. The average Bonchev–Trinajstić information content (AvgIpc) is 2.93. The maximum absolute atomic E-state index is 8.93. The Morgan fingerprint density at radius 3 is 2.89 bits per heavy atom. The molecular weight excluding hydrogens is 226 g/mol. The third-order valence-electron chi connectivity index (χ3n) is 3.08. The lowest BCUT2D eigenvalue weighted by molar-refractivity contribution is 0.957. The van der Waals surface area contributed by atoms with E-state index in [0.717, 1.165) is 28.1 Å². The van der Waals surface area contributed by atoms with E-state index < -0.39 is 0 Å². The van der Waals surface area contributed by atoms with Crippen LogP contribution in [-0.2, 0) is 7.05 Å². The van der Waals surface area contributed by atoms with Gasteiger partial charge in [0.25, 0.3) is 0 Å². The second-order valence-electron chi connectivity index (χ2n) is 4.22. The van der Waals surface area contributed by atoms with Gasteiger partial charge in [0, 0.05) is 12.7 Å². The predicted octanol–water partition coefficient (Wildman–Crippen LogP) is 2.14. The highest BCUT2D eigenvalue weighted by Gasteiger charge is 2.13. The minimum Gasteiger partial charge on any atom is -0.327 e. The van der Waals surface area contributed by atoms with Crippen molar-refractivity contribution >= 4 is 11.0 Å². The van der Waals surface area contributed by atoms with Crippen molar-refractivity contribution in [3.63, 3.8) is 0 Å². The van der Waals surface area contributed by atoms with Crippen molar-refractivity contribution in [2.75, 3.05) is 0 Å². The maximum atomic E-state index is 8.93. The Balaban J connectivity index is 2.30. The molecule has 3 aromatic rings. The topological polar surface area (TPSA) is 70.3 Å². The molecule has 5 nitrogen and oxygen atoms in total. The summed E-state index contributed by atoms with van der Waals surface area (Å²) in [5.74, 6) is 0.853. The monoisotopic (exact) mass is 237 g/mol. The minimum absolute atomic E-state index is 0.640. The zero-order valence-electron chi connectivity index (χ0n) is 10.1. The van der Waals surface area contributed by atoms with Crippen molar-refractivity contribution < 1.29 is 0 Å². The van der Waals surface area contributed by atoms with Gasteiger partial charge in [-0.1, -0.05) is 0 Å². The van der Waals surface area contributed by atoms with E-state index in [9.17, 15) is 0 Å². The summed E-state index contributed by atoms with van der Waals surface area (Å²) in [6.07, 6.45) is 1.77. The number of aryl methyl sites for hydroxylation is 2. The molecule has 0 saturated carbocycles. The number of fused-ring (bicyclic) bond motifs is 1. The minimum atomic E-state index is 0.640. The van der Waals surface area contributed by atoms with Crippen LogP contribution >= 0.6 is 0 Å². The van der Waals surface area contributed by atoms with Crippen molar-refractivity contribution in [3.8, 4) is 17.5 Å². The van der Waals surface area contributed by atoms with Gasteiger partial charge in [-0.15, -0.1) is 0 Å². The second-order valence-corrected chi connectivity index (χ2v) is 4.22. The van der Waals surface area contributed by atoms with Crippen LogP contribution in [0, 0.1) is 18.3 Å². The summed E-state index contributed by atoms with van der Waals surface area (Å²) in [7, 11) is 1.94. The van der Waals surface area contributed by atoms with Crippen LogP contribution in [0.5, 0.6) is 0 Å². The number of aromatic nitrogens is 4. The van der Waals surface area contributed by atoms with E-state index in [0.29, 0.717) is 5.56 Å². The molecule has 0 unspecified atom stereocenters. The Morgan fingerprint density at radius 2 is 2.22 bits per heavy atom. The summed E-state index contributed by atoms with van der Waals surface area (Å²) in [4.78, 5) is 4.58. The highest BCUT2D eigenvalue weighted by molar-refractivity contribution is 5.82. The lowest BCUT2D eigenvalue weighted by atomic mass is 10.2. The molecule has 0 bridgehead atoms. The van der Waals surface area contributed by atoms with Crippen LogP contribution in [0.1, 0.15) is 11.3 Å². The molecule has 3 rings (SSSR count). The van der Waals surface area contributed by atoms with E-state index in [-0.39, 0.29) is 0 Å². The summed E-state index contributed by atoms with van der Waals surface area (Å²) in [6, 6.07) is 7.64. The third kappa shape index (κ3) is 1.39. The van der Waals surface area contributed by atoms with Gasteiger partial charge in [0.1, 0.15) is 5.82 Å². The SMILES string of the molecule is Cc1[nH]ncc1-c1nc2ccc(C#N)cc2n1C. The van der Waals surface area contributed by atoms with E-state index in [1.807, 2.05) is 30.7 Å². The number of H-pyrrole nitrogens is 1. The molecule has 0 radical (unpaired) electrons. The molecule has 0 saturated heterocycles. The second kappa shape index (κ2) is 3.70. The number of nitrogens with one attached hydrogen (secondary N) is 1. The summed E-state index contributed by atoms with van der Waals surface area (Å²) in [5, 5.41) is 15.8. The molecule has 5 heteroatoms. The van der Waals surface area contributed by atoms with Crippen LogP contribution < -0.4 is 0 Å². The van der Waals surface area contributed by atoms with Gasteiger partial charge in [-0.2, -0.15) is 10.4 Å². The van der Waals surface area contributed by atoms with Crippen molar-refractivity contribution in [2.24, 2.45) is 7.05 Å². The van der Waals surface area contributed by atoms with Gasteiger partial charge in [0.05, 0.1) is 34.4 Å². The largest absolute Gasteiger partial charge is 0.327 e. The maximum Gasteiger partial charge on any atom is 0.144 e. The molecule has 0 atom stereocenters. The molecule has 88 valence electrons. The van der Waals surface area contributed by atoms with E-state index in [4.69, 9.17) is 5.26 Å². The van der Waals surface area contributed by atoms with Crippen molar-refractivity contribution in [3.05, 3.63) is 35.7 Å². The van der Waals surface area contributed by atoms with Crippen molar-refractivity contribution in [2.45, 2.75) is 6.92 Å². The van der Waals surface area contributed by atoms with E-state index in [2.05, 4.69) is 21.3 Å². The fraction of sp³-hybridized carbons (Fsp3) is 0.154. The zero-order chi connectivity index (χ0) is 12.7. The van der Waals surface area contributed by atoms with Gasteiger partial charge in [-0.3, -0.25) is 5.10 Å². The molecular formula is C13H11N5. The lowest BCUT2D eigenvalue weighted by Gasteiger charge is -2.00. The van der Waals surface area contributed by atoms with Crippen LogP contribution in [0.4, 0.5) is 0 Å². The standard InChI is InChI=1S/C13H11N5/c1-8-10(7-15-17-8)13-16-11-4-3-9(6-14)5-12(11)18(13)2/h3-5,7H,1-2H3,(H,15,17). The number of imidazole rings is 1. The van der Waals surface area contributed by atoms with Crippen molar-refractivity contribution in [1.82, 2.24) is 19.7 Å². The number of nitriles is 1. The molecule has 2 heterocycles. The molecule has 0 aliphatic heterocycles. The molecule has 0 aliphatic carbocycles. The van der Waals surface area contributed by atoms with Gasteiger partial charge in [-0.05, 0) is 25.1 Å². The van der Waals surface area contributed by atoms with Gasteiger partial charge >= 0.3 is 0 Å². The molecule has 0 aliphatic rings. The Labute approximate surface area is 104 Å². The Kier molecular flexibility index (Phi) is 2.17. The van der Waals surface area contributed by atoms with E-state index in [1.54, 1.807) is 12.3 Å². The third-order valence-corrected chi connectivity index (χ3v) is 3.08. The number of rotatable bonds is 1. The Morgan fingerprint density at radius 1 is 1.39 bits per heavy atom. The van der Waals surface area contributed by atoms with Gasteiger partial charge in [0.15, 0.2) is 0 Å². The molecule has 2 aromatic heterocycles. The first kappa shape index (κ1) is 10.5. The van der Waals surface area contributed by atoms with Crippen LogP contribution in [0.15, 0.2) is 24.4 Å². The van der Waals surface area contributed by atoms with Crippen LogP contribution in [0.2, 0.25) is 0 Å². The fourth-order valence-electron chi connectivity index (χ4n) is 2.08. The van der Waals surface area contributed by atoms with Gasteiger partial charge in [-0.25, -0.2) is 4.98 Å². The number of benzene rings is 1. The molecule has 18 heavy (non-hydrogen) atoms. The molecule has 0 fully saturated rings. The lowest BCUT2D eigenvalue weighted by Crippen LogP contribution is -1.93. The molecule has 0 spiro atoms. The Bertz CT molecular complexity index is 772. The molecule has 0 amide bonds. The molecule has 1 aromatic carbocycles. The smallest absolute Gasteiger partial charge is 0.144 e. The first-order valence-electron chi connectivity index (χ1n) is 5.57. The van der Waals surface area contributed by atoms with Gasteiger partial charge in [0.2, 0.25) is 0 Å². The summed E-state index contributed by atoms with van der Waals surface area (Å²) < 4.78 is 1.98. The molecule has 1 N–H and O–H groups in total. The number of hydrogen-bond acceptors (Lipinski definition) is 3. The van der Waals surface area contributed by atoms with Crippen LogP contribution in [0.3, 0.4) is 0 Å². The zero-order valence-corrected chi connectivity index (χ0v) is 10.1. The Hall–Kier alpha value is -2.61. The van der Waals surface area contributed by atoms with E-state index in [1.165, 1.54) is 0 Å². The first-order chi connectivity index (χ1) is 8.70. The van der Waals surface area contributed by atoms with E-state index >= 15 is 0 Å². The van der Waals surface area contributed by atoms with Crippen LogP contribution in [-0.4, -0.2) is 19.7 Å². The normalized spacial score (nSPS) is 10.7. The summed E-state index contributed by atoms with van der Waals surface area (Å²) >= 11 is 0. The fourth-order valence-corrected chi connectivity index (χ4v) is 2.08. The van der Waals surface area contributed by atoms with Gasteiger partial charge < -0.3 is 4.57 Å². The number of nitrogens with zero attached hydrogens (tertiary/aromatic N) is 4. The highest BCUT2D eigenvalue weighted by atomic mass is 15.1. The number of aromatic amines is 1. The predicted molar refractivity (Wildman–Crippen MR) is 67.7 cm³/mol. The summed E-state index contributed by atoms with van der Waals surface area (Å²) in [6.45, 7) is 1.96. The quantitative estimate of drug-likeness (QED) is 0.704. The first-order valence-corrected chi connectivity index (χ1v) is 5.57.